The summed E-state index contributed by atoms with van der Waals surface area (Å²) in [6, 6.07) is 6.80. The molecule has 0 radical (unpaired) electrons. The molecule has 0 aromatic heterocycles. The van der Waals surface area contributed by atoms with Crippen LogP contribution in [0.3, 0.4) is 0 Å². The molecule has 29 heavy (non-hydrogen) atoms. The number of carbonyl (C=O) groups excluding carboxylic acids is 2. The van der Waals surface area contributed by atoms with E-state index in [0.29, 0.717) is 19.0 Å². The second kappa shape index (κ2) is 7.89. The summed E-state index contributed by atoms with van der Waals surface area (Å²) < 4.78 is 5.66. The van der Waals surface area contributed by atoms with Gasteiger partial charge in [0.15, 0.2) is 5.78 Å². The van der Waals surface area contributed by atoms with Crippen LogP contribution in [0.4, 0.5) is 4.79 Å². The molecule has 1 aromatic rings. The summed E-state index contributed by atoms with van der Waals surface area (Å²) in [6.45, 7) is 5.08. The molecule has 0 N–H and O–H groups in total. The van der Waals surface area contributed by atoms with Gasteiger partial charge in [0.2, 0.25) is 0 Å². The molecule has 0 aliphatic carbocycles. The number of nitrogens with zero attached hydrogens (tertiary/aromatic N) is 3. The Kier molecular flexibility index (Phi) is 5.26. The van der Waals surface area contributed by atoms with E-state index < -0.39 is 0 Å². The lowest BCUT2D eigenvalue weighted by Gasteiger charge is -2.43. The van der Waals surface area contributed by atoms with Crippen LogP contribution in [-0.4, -0.2) is 71.4 Å². The van der Waals surface area contributed by atoms with Gasteiger partial charge in [-0.15, -0.1) is 0 Å². The number of ketones is 1. The highest BCUT2D eigenvalue weighted by atomic mass is 35.5. The zero-order chi connectivity index (χ0) is 20.0. The highest BCUT2D eigenvalue weighted by Crippen LogP contribution is 2.33. The van der Waals surface area contributed by atoms with E-state index in [-0.39, 0.29) is 30.4 Å². The SMILES string of the molecule is O=C1CO[C@H]2CCN(C(=O)N3CCC(N4Cc5cccc(Cl)c5C4)CC3)C[C@H]2C1. The van der Waals surface area contributed by atoms with Crippen LogP contribution < -0.4 is 0 Å². The molecule has 156 valence electrons. The molecule has 7 heteroatoms. The van der Waals surface area contributed by atoms with Gasteiger partial charge in [-0.2, -0.15) is 0 Å². The van der Waals surface area contributed by atoms with Gasteiger partial charge in [-0.1, -0.05) is 23.7 Å². The summed E-state index contributed by atoms with van der Waals surface area (Å²) in [6.07, 6.45) is 3.53. The second-order valence-corrected chi connectivity index (χ2v) is 9.28. The number of Topliss-reactive ketones (excluding diaryl/α,β-unsaturated/α-hetero) is 1. The molecule has 6 nitrogen and oxygen atoms in total. The zero-order valence-corrected chi connectivity index (χ0v) is 17.4. The minimum absolute atomic E-state index is 0.132. The summed E-state index contributed by atoms with van der Waals surface area (Å²) >= 11 is 6.37. The Hall–Kier alpha value is -1.63. The van der Waals surface area contributed by atoms with Crippen LogP contribution >= 0.6 is 11.6 Å². The van der Waals surface area contributed by atoms with Crippen LogP contribution in [0.1, 0.15) is 36.8 Å². The van der Waals surface area contributed by atoms with E-state index in [0.717, 1.165) is 57.0 Å². The Morgan fingerprint density at radius 3 is 2.66 bits per heavy atom. The Balaban J connectivity index is 1.15. The third kappa shape index (κ3) is 3.78. The molecule has 0 bridgehead atoms. The lowest BCUT2D eigenvalue weighted by atomic mass is 9.88. The predicted molar refractivity (Wildman–Crippen MR) is 110 cm³/mol. The van der Waals surface area contributed by atoms with Crippen molar-refractivity contribution in [3.63, 3.8) is 0 Å². The monoisotopic (exact) mass is 417 g/mol. The molecule has 2 amide bonds. The van der Waals surface area contributed by atoms with Gasteiger partial charge in [-0.05, 0) is 36.5 Å². The van der Waals surface area contributed by atoms with Gasteiger partial charge >= 0.3 is 6.03 Å². The number of amides is 2. The Bertz CT molecular complexity index is 808. The highest BCUT2D eigenvalue weighted by Gasteiger charge is 2.38. The van der Waals surface area contributed by atoms with Gasteiger partial charge in [0.1, 0.15) is 6.61 Å². The normalized spacial score (nSPS) is 28.4. The van der Waals surface area contributed by atoms with Crippen molar-refractivity contribution in [1.29, 1.82) is 0 Å². The number of benzene rings is 1. The molecule has 3 fully saturated rings. The lowest BCUT2D eigenvalue weighted by Crippen LogP contribution is -2.55. The van der Waals surface area contributed by atoms with Crippen LogP contribution in [0, 0.1) is 5.92 Å². The molecule has 0 spiro atoms. The van der Waals surface area contributed by atoms with E-state index in [2.05, 4.69) is 11.0 Å². The van der Waals surface area contributed by atoms with Crippen molar-refractivity contribution in [1.82, 2.24) is 14.7 Å². The van der Waals surface area contributed by atoms with Crippen molar-refractivity contribution in [2.45, 2.75) is 50.9 Å². The summed E-state index contributed by atoms with van der Waals surface area (Å²) in [5.41, 5.74) is 2.60. The molecule has 5 rings (SSSR count). The molecule has 4 aliphatic rings. The molecule has 0 saturated carbocycles. The van der Waals surface area contributed by atoms with E-state index >= 15 is 0 Å². The molecular formula is C22H28ClN3O3. The van der Waals surface area contributed by atoms with Crippen molar-refractivity contribution in [2.24, 2.45) is 5.92 Å². The molecular weight excluding hydrogens is 390 g/mol. The third-order valence-corrected chi connectivity index (χ3v) is 7.44. The largest absolute Gasteiger partial charge is 0.370 e. The van der Waals surface area contributed by atoms with Gasteiger partial charge < -0.3 is 14.5 Å². The van der Waals surface area contributed by atoms with Crippen molar-refractivity contribution >= 4 is 23.4 Å². The maximum Gasteiger partial charge on any atom is 0.320 e. The number of halogens is 1. The Labute approximate surface area is 176 Å². The van der Waals surface area contributed by atoms with Crippen LogP contribution in [0.2, 0.25) is 5.02 Å². The molecule has 0 unspecified atom stereocenters. The second-order valence-electron chi connectivity index (χ2n) is 8.87. The minimum atomic E-state index is 0.132. The first-order valence-electron chi connectivity index (χ1n) is 10.8. The number of rotatable bonds is 1. The molecule has 2 atom stereocenters. The van der Waals surface area contributed by atoms with Crippen molar-refractivity contribution in [3.05, 3.63) is 34.3 Å². The van der Waals surface area contributed by atoms with Gasteiger partial charge in [0.25, 0.3) is 0 Å². The fourth-order valence-electron chi connectivity index (χ4n) is 5.44. The smallest absolute Gasteiger partial charge is 0.320 e. The standard InChI is InChI=1S/C22H28ClN3O3/c23-20-3-1-2-15-11-26(13-19(15)20)17-4-7-24(8-5-17)22(28)25-9-6-21-16(12-25)10-18(27)14-29-21/h1-3,16-17,21H,4-14H2/t16-,21+/m1/s1. The van der Waals surface area contributed by atoms with E-state index in [1.54, 1.807) is 0 Å². The van der Waals surface area contributed by atoms with Crippen molar-refractivity contribution in [2.75, 3.05) is 32.8 Å². The van der Waals surface area contributed by atoms with Crippen LogP contribution in [0.25, 0.3) is 0 Å². The van der Waals surface area contributed by atoms with Crippen LogP contribution in [-0.2, 0) is 22.6 Å². The quantitative estimate of drug-likeness (QED) is 0.705. The van der Waals surface area contributed by atoms with Gasteiger partial charge in [-0.25, -0.2) is 4.79 Å². The fraction of sp³-hybridized carbons (Fsp3) is 0.636. The first kappa shape index (κ1) is 19.3. The van der Waals surface area contributed by atoms with Gasteiger partial charge in [-0.3, -0.25) is 9.69 Å². The number of likely N-dealkylation sites (tertiary alicyclic amines) is 2. The summed E-state index contributed by atoms with van der Waals surface area (Å²) in [7, 11) is 0. The van der Waals surface area contributed by atoms with Crippen molar-refractivity contribution < 1.29 is 14.3 Å². The number of fused-ring (bicyclic) bond motifs is 2. The van der Waals surface area contributed by atoms with Gasteiger partial charge in [0, 0.05) is 62.7 Å². The average molecular weight is 418 g/mol. The third-order valence-electron chi connectivity index (χ3n) is 7.08. The first-order chi connectivity index (χ1) is 14.1. The first-order valence-corrected chi connectivity index (χ1v) is 11.1. The minimum Gasteiger partial charge on any atom is -0.370 e. The van der Waals surface area contributed by atoms with E-state index in [1.807, 2.05) is 21.9 Å². The zero-order valence-electron chi connectivity index (χ0n) is 16.7. The highest BCUT2D eigenvalue weighted by molar-refractivity contribution is 6.31. The number of hydrogen-bond donors (Lipinski definition) is 0. The molecule has 4 heterocycles. The number of urea groups is 1. The van der Waals surface area contributed by atoms with E-state index in [9.17, 15) is 9.59 Å². The number of piperidine rings is 2. The maximum atomic E-state index is 13.1. The Morgan fingerprint density at radius 2 is 1.86 bits per heavy atom. The summed E-state index contributed by atoms with van der Waals surface area (Å²) in [5, 5.41) is 0.867. The van der Waals surface area contributed by atoms with Crippen LogP contribution in [0.15, 0.2) is 18.2 Å². The predicted octanol–water partition coefficient (Wildman–Crippen LogP) is 2.92. The summed E-state index contributed by atoms with van der Waals surface area (Å²) in [4.78, 5) is 31.2. The fourth-order valence-corrected chi connectivity index (χ4v) is 5.69. The topological polar surface area (TPSA) is 53.1 Å². The number of ether oxygens (including phenoxy) is 1. The number of hydrogen-bond acceptors (Lipinski definition) is 4. The number of carbonyl (C=O) groups is 2. The average Bonchev–Trinajstić information content (AvgIpc) is 3.18. The van der Waals surface area contributed by atoms with E-state index in [4.69, 9.17) is 16.3 Å². The molecule has 3 saturated heterocycles. The molecule has 1 aromatic carbocycles. The maximum absolute atomic E-state index is 13.1. The van der Waals surface area contributed by atoms with Gasteiger partial charge in [0.05, 0.1) is 6.10 Å². The van der Waals surface area contributed by atoms with E-state index in [1.165, 1.54) is 11.1 Å². The Morgan fingerprint density at radius 1 is 1.07 bits per heavy atom. The molecule has 4 aliphatic heterocycles. The lowest BCUT2D eigenvalue weighted by molar-refractivity contribution is -0.140. The van der Waals surface area contributed by atoms with Crippen LogP contribution in [0.5, 0.6) is 0 Å². The summed E-state index contributed by atoms with van der Waals surface area (Å²) in [5.74, 6) is 0.326. The van der Waals surface area contributed by atoms with Crippen molar-refractivity contribution in [3.8, 4) is 0 Å².